The molecule has 0 fully saturated rings. The fraction of sp³-hybridized carbons (Fsp3) is 0.133. The van der Waals surface area contributed by atoms with Crippen molar-refractivity contribution in [3.63, 3.8) is 0 Å². The standard InChI is InChI=1S/C15H13ClN2O2/c16-12-5-4-10(19)8-11(12)15(20)18-7-6-9-2-1-3-13(17)14(9)18/h1-5,8,19H,6-7,17H2. The van der Waals surface area contributed by atoms with Gasteiger partial charge in [0.05, 0.1) is 22.0 Å². The second kappa shape index (κ2) is 4.72. The van der Waals surface area contributed by atoms with Gasteiger partial charge in [-0.25, -0.2) is 0 Å². The Labute approximate surface area is 121 Å². The van der Waals surface area contributed by atoms with Crippen LogP contribution >= 0.6 is 11.6 Å². The fourth-order valence-corrected chi connectivity index (χ4v) is 2.71. The minimum absolute atomic E-state index is 0.0122. The number of phenols is 1. The zero-order valence-electron chi connectivity index (χ0n) is 10.6. The summed E-state index contributed by atoms with van der Waals surface area (Å²) in [5.41, 5.74) is 8.62. The van der Waals surface area contributed by atoms with Crippen LogP contribution in [0.5, 0.6) is 5.75 Å². The van der Waals surface area contributed by atoms with Gasteiger partial charge in [-0.15, -0.1) is 0 Å². The van der Waals surface area contributed by atoms with Crippen LogP contribution in [0.25, 0.3) is 0 Å². The third-order valence-electron chi connectivity index (χ3n) is 3.45. The fourth-order valence-electron chi connectivity index (χ4n) is 2.51. The largest absolute Gasteiger partial charge is 0.508 e. The first-order valence-electron chi connectivity index (χ1n) is 6.25. The number of aromatic hydroxyl groups is 1. The number of hydrogen-bond donors (Lipinski definition) is 2. The molecular formula is C15H13ClN2O2. The molecule has 3 N–H and O–H groups in total. The molecule has 1 aliphatic heterocycles. The highest BCUT2D eigenvalue weighted by molar-refractivity contribution is 6.34. The minimum Gasteiger partial charge on any atom is -0.508 e. The Morgan fingerprint density at radius 1 is 1.30 bits per heavy atom. The van der Waals surface area contributed by atoms with Gasteiger partial charge in [-0.05, 0) is 36.2 Å². The molecule has 0 bridgehead atoms. The number of carbonyl (C=O) groups is 1. The van der Waals surface area contributed by atoms with Crippen LogP contribution in [0.3, 0.4) is 0 Å². The van der Waals surface area contributed by atoms with Gasteiger partial charge in [-0.2, -0.15) is 0 Å². The lowest BCUT2D eigenvalue weighted by atomic mass is 10.1. The zero-order chi connectivity index (χ0) is 14.3. The zero-order valence-corrected chi connectivity index (χ0v) is 11.4. The lowest BCUT2D eigenvalue weighted by Crippen LogP contribution is -2.29. The molecule has 0 unspecified atom stereocenters. The summed E-state index contributed by atoms with van der Waals surface area (Å²) in [7, 11) is 0. The summed E-state index contributed by atoms with van der Waals surface area (Å²) in [6.07, 6.45) is 0.766. The van der Waals surface area contributed by atoms with Gasteiger partial charge in [0.15, 0.2) is 0 Å². The van der Waals surface area contributed by atoms with E-state index in [0.29, 0.717) is 17.3 Å². The van der Waals surface area contributed by atoms with E-state index < -0.39 is 0 Å². The van der Waals surface area contributed by atoms with Crippen molar-refractivity contribution in [2.75, 3.05) is 17.2 Å². The molecule has 1 aliphatic rings. The number of phenolic OH excluding ortho intramolecular Hbond substituents is 1. The van der Waals surface area contributed by atoms with Crippen LogP contribution in [0.1, 0.15) is 15.9 Å². The number of halogens is 1. The number of fused-ring (bicyclic) bond motifs is 1. The van der Waals surface area contributed by atoms with Crippen LogP contribution in [0.4, 0.5) is 11.4 Å². The maximum Gasteiger partial charge on any atom is 0.260 e. The molecule has 1 heterocycles. The van der Waals surface area contributed by atoms with Crippen LogP contribution in [-0.4, -0.2) is 17.6 Å². The number of rotatable bonds is 1. The normalized spacial score (nSPS) is 13.3. The molecule has 2 aromatic carbocycles. The molecule has 102 valence electrons. The molecule has 2 aromatic rings. The van der Waals surface area contributed by atoms with E-state index in [1.807, 2.05) is 12.1 Å². The topological polar surface area (TPSA) is 66.6 Å². The molecule has 1 amide bonds. The Bertz CT molecular complexity index is 700. The molecule has 0 saturated carbocycles. The molecule has 0 aromatic heterocycles. The van der Waals surface area contributed by atoms with E-state index in [1.165, 1.54) is 18.2 Å². The number of amides is 1. The van der Waals surface area contributed by atoms with E-state index in [1.54, 1.807) is 11.0 Å². The molecule has 0 aliphatic carbocycles. The summed E-state index contributed by atoms with van der Waals surface area (Å²) in [5, 5.41) is 9.84. The number of hydrogen-bond acceptors (Lipinski definition) is 3. The Morgan fingerprint density at radius 3 is 2.90 bits per heavy atom. The third-order valence-corrected chi connectivity index (χ3v) is 3.78. The average molecular weight is 289 g/mol. The van der Waals surface area contributed by atoms with Crippen molar-refractivity contribution < 1.29 is 9.90 Å². The summed E-state index contributed by atoms with van der Waals surface area (Å²) in [6, 6.07) is 9.95. The Kier molecular flexibility index (Phi) is 3.03. The second-order valence-corrected chi connectivity index (χ2v) is 5.13. The highest BCUT2D eigenvalue weighted by Crippen LogP contribution is 2.35. The molecule has 20 heavy (non-hydrogen) atoms. The van der Waals surface area contributed by atoms with Crippen LogP contribution in [0.2, 0.25) is 5.02 Å². The summed E-state index contributed by atoms with van der Waals surface area (Å²) in [5.74, 6) is -0.235. The SMILES string of the molecule is Nc1cccc2c1N(C(=O)c1cc(O)ccc1Cl)CC2. The molecule has 4 nitrogen and oxygen atoms in total. The van der Waals surface area contributed by atoms with E-state index in [9.17, 15) is 9.90 Å². The van der Waals surface area contributed by atoms with Gasteiger partial charge in [0.1, 0.15) is 5.75 Å². The van der Waals surface area contributed by atoms with Crippen LogP contribution in [0.15, 0.2) is 36.4 Å². The monoisotopic (exact) mass is 288 g/mol. The number of nitrogen functional groups attached to an aromatic ring is 1. The third kappa shape index (κ3) is 1.98. The highest BCUT2D eigenvalue weighted by atomic mass is 35.5. The number of nitrogens with zero attached hydrogens (tertiary/aromatic N) is 1. The number of para-hydroxylation sites is 1. The molecule has 0 atom stereocenters. The van der Waals surface area contributed by atoms with Crippen LogP contribution in [0, 0.1) is 0 Å². The summed E-state index contributed by atoms with van der Waals surface area (Å²) >= 11 is 6.05. The van der Waals surface area contributed by atoms with Crippen molar-refractivity contribution in [2.45, 2.75) is 6.42 Å². The van der Waals surface area contributed by atoms with Gasteiger partial charge in [-0.3, -0.25) is 4.79 Å². The average Bonchev–Trinajstić information content (AvgIpc) is 2.86. The Hall–Kier alpha value is -2.20. The maximum absolute atomic E-state index is 12.6. The molecule has 3 rings (SSSR count). The van der Waals surface area contributed by atoms with Crippen molar-refractivity contribution in [1.29, 1.82) is 0 Å². The second-order valence-electron chi connectivity index (χ2n) is 4.73. The van der Waals surface area contributed by atoms with Gasteiger partial charge >= 0.3 is 0 Å². The summed E-state index contributed by atoms with van der Waals surface area (Å²) in [6.45, 7) is 0.564. The number of benzene rings is 2. The van der Waals surface area contributed by atoms with Crippen molar-refractivity contribution in [2.24, 2.45) is 0 Å². The first-order valence-corrected chi connectivity index (χ1v) is 6.63. The Balaban J connectivity index is 2.04. The quantitative estimate of drug-likeness (QED) is 0.793. The van der Waals surface area contributed by atoms with Crippen molar-refractivity contribution >= 4 is 28.9 Å². The molecule has 5 heteroatoms. The molecular weight excluding hydrogens is 276 g/mol. The lowest BCUT2D eigenvalue weighted by molar-refractivity contribution is 0.0989. The van der Waals surface area contributed by atoms with Crippen LogP contribution < -0.4 is 10.6 Å². The van der Waals surface area contributed by atoms with Crippen LogP contribution in [-0.2, 0) is 6.42 Å². The van der Waals surface area contributed by atoms with Gasteiger partial charge in [0.2, 0.25) is 0 Å². The van der Waals surface area contributed by atoms with Crippen molar-refractivity contribution in [1.82, 2.24) is 0 Å². The van der Waals surface area contributed by atoms with Gasteiger partial charge in [-0.1, -0.05) is 23.7 Å². The number of nitrogens with two attached hydrogens (primary N) is 1. The van der Waals surface area contributed by atoms with E-state index in [4.69, 9.17) is 17.3 Å². The van der Waals surface area contributed by atoms with E-state index in [2.05, 4.69) is 0 Å². The highest BCUT2D eigenvalue weighted by Gasteiger charge is 2.28. The molecule has 0 saturated heterocycles. The predicted octanol–water partition coefficient (Wildman–Crippen LogP) is 2.83. The number of carbonyl (C=O) groups excluding carboxylic acids is 1. The summed E-state index contributed by atoms with van der Waals surface area (Å²) in [4.78, 5) is 14.2. The van der Waals surface area contributed by atoms with E-state index in [0.717, 1.165) is 17.7 Å². The number of anilines is 2. The maximum atomic E-state index is 12.6. The first kappa shape index (κ1) is 12.8. The van der Waals surface area contributed by atoms with E-state index >= 15 is 0 Å². The molecule has 0 spiro atoms. The first-order chi connectivity index (χ1) is 9.58. The smallest absolute Gasteiger partial charge is 0.260 e. The van der Waals surface area contributed by atoms with Gasteiger partial charge < -0.3 is 15.7 Å². The van der Waals surface area contributed by atoms with Crippen molar-refractivity contribution in [3.8, 4) is 5.75 Å². The predicted molar refractivity (Wildman–Crippen MR) is 79.4 cm³/mol. The lowest BCUT2D eigenvalue weighted by Gasteiger charge is -2.19. The van der Waals surface area contributed by atoms with Crippen molar-refractivity contribution in [3.05, 3.63) is 52.5 Å². The van der Waals surface area contributed by atoms with Gasteiger partial charge in [0, 0.05) is 6.54 Å². The molecule has 0 radical (unpaired) electrons. The Morgan fingerprint density at radius 2 is 2.10 bits per heavy atom. The van der Waals surface area contributed by atoms with E-state index in [-0.39, 0.29) is 17.2 Å². The summed E-state index contributed by atoms with van der Waals surface area (Å²) < 4.78 is 0. The van der Waals surface area contributed by atoms with Gasteiger partial charge in [0.25, 0.3) is 5.91 Å². The minimum atomic E-state index is -0.248.